The maximum absolute atomic E-state index is 13.2. The summed E-state index contributed by atoms with van der Waals surface area (Å²) in [5.41, 5.74) is -0.273. The molecule has 6 nitrogen and oxygen atoms in total. The first-order chi connectivity index (χ1) is 8.54. The van der Waals surface area contributed by atoms with E-state index < -0.39 is 30.3 Å². The second-order valence-electron chi connectivity index (χ2n) is 3.18. The van der Waals surface area contributed by atoms with Gasteiger partial charge in [0.15, 0.2) is 6.61 Å². The van der Waals surface area contributed by atoms with Gasteiger partial charge in [-0.2, -0.15) is 0 Å². The van der Waals surface area contributed by atoms with E-state index in [-0.39, 0.29) is 5.56 Å². The normalized spacial score (nSPS) is 9.44. The minimum atomic E-state index is -0.972. The van der Waals surface area contributed by atoms with E-state index in [0.717, 1.165) is 6.07 Å². The molecule has 0 aliphatic heterocycles. The van der Waals surface area contributed by atoms with Crippen LogP contribution in [0, 0.1) is 5.82 Å². The molecule has 0 bridgehead atoms. The van der Waals surface area contributed by atoms with Gasteiger partial charge in [0.05, 0.1) is 5.56 Å². The number of urea groups is 1. The molecule has 0 atom stereocenters. The van der Waals surface area contributed by atoms with Gasteiger partial charge in [-0.25, -0.2) is 14.0 Å². The van der Waals surface area contributed by atoms with Gasteiger partial charge in [0.1, 0.15) is 5.82 Å². The number of benzene rings is 1. The largest absolute Gasteiger partial charge is 0.452 e. The van der Waals surface area contributed by atoms with Crippen molar-refractivity contribution in [3.63, 3.8) is 0 Å². The molecule has 18 heavy (non-hydrogen) atoms. The van der Waals surface area contributed by atoms with Crippen LogP contribution in [0.5, 0.6) is 0 Å². The Labute approximate surface area is 102 Å². The van der Waals surface area contributed by atoms with Crippen LogP contribution in [0.1, 0.15) is 10.4 Å². The van der Waals surface area contributed by atoms with Crippen molar-refractivity contribution >= 4 is 17.9 Å². The van der Waals surface area contributed by atoms with Crippen LogP contribution in [-0.4, -0.2) is 31.6 Å². The SMILES string of the molecule is CNC(=O)NC(=O)COC(=O)c1ccccc1F. The summed E-state index contributed by atoms with van der Waals surface area (Å²) in [6.45, 7) is -0.666. The predicted octanol–water partition coefficient (Wildman–Crippen LogP) is 0.438. The molecular weight excluding hydrogens is 243 g/mol. The van der Waals surface area contributed by atoms with Crippen LogP contribution in [0.25, 0.3) is 0 Å². The summed E-state index contributed by atoms with van der Waals surface area (Å²) in [4.78, 5) is 33.2. The highest BCUT2D eigenvalue weighted by atomic mass is 19.1. The number of imide groups is 1. The van der Waals surface area contributed by atoms with E-state index >= 15 is 0 Å². The smallest absolute Gasteiger partial charge is 0.341 e. The van der Waals surface area contributed by atoms with Gasteiger partial charge in [-0.15, -0.1) is 0 Å². The molecule has 0 aliphatic rings. The summed E-state index contributed by atoms with van der Waals surface area (Å²) < 4.78 is 17.7. The third kappa shape index (κ3) is 3.85. The Balaban J connectivity index is 2.50. The Hall–Kier alpha value is -2.44. The molecule has 0 spiro atoms. The van der Waals surface area contributed by atoms with E-state index in [2.05, 4.69) is 10.1 Å². The maximum Gasteiger partial charge on any atom is 0.341 e. The zero-order chi connectivity index (χ0) is 13.5. The fraction of sp³-hybridized carbons (Fsp3) is 0.182. The minimum Gasteiger partial charge on any atom is -0.452 e. The van der Waals surface area contributed by atoms with Gasteiger partial charge in [0.25, 0.3) is 5.91 Å². The zero-order valence-corrected chi connectivity index (χ0v) is 9.53. The van der Waals surface area contributed by atoms with Crippen molar-refractivity contribution in [3.05, 3.63) is 35.6 Å². The number of rotatable bonds is 3. The van der Waals surface area contributed by atoms with Gasteiger partial charge in [0.2, 0.25) is 0 Å². The number of ether oxygens (including phenoxy) is 1. The Morgan fingerprint density at radius 1 is 1.28 bits per heavy atom. The number of carbonyl (C=O) groups is 3. The predicted molar refractivity (Wildman–Crippen MR) is 59.3 cm³/mol. The molecule has 0 saturated carbocycles. The molecule has 0 unspecified atom stereocenters. The molecule has 0 heterocycles. The molecule has 1 aromatic carbocycles. The van der Waals surface area contributed by atoms with Gasteiger partial charge in [0, 0.05) is 7.05 Å². The topological polar surface area (TPSA) is 84.5 Å². The number of halogens is 1. The van der Waals surface area contributed by atoms with E-state index in [9.17, 15) is 18.8 Å². The van der Waals surface area contributed by atoms with Crippen molar-refractivity contribution in [2.75, 3.05) is 13.7 Å². The molecule has 0 radical (unpaired) electrons. The minimum absolute atomic E-state index is 0.273. The second-order valence-corrected chi connectivity index (χ2v) is 3.18. The standard InChI is InChI=1S/C11H11FN2O4/c1-13-11(17)14-9(15)6-18-10(16)7-4-2-3-5-8(7)12/h2-5H,6H2,1H3,(H2,13,14,15,17). The van der Waals surface area contributed by atoms with Crippen LogP contribution in [0.3, 0.4) is 0 Å². The van der Waals surface area contributed by atoms with E-state index in [0.29, 0.717) is 0 Å². The van der Waals surface area contributed by atoms with Crippen LogP contribution in [0.15, 0.2) is 24.3 Å². The first-order valence-corrected chi connectivity index (χ1v) is 4.98. The average Bonchev–Trinajstić information content (AvgIpc) is 2.36. The third-order valence-electron chi connectivity index (χ3n) is 1.91. The van der Waals surface area contributed by atoms with Gasteiger partial charge < -0.3 is 10.1 Å². The Kier molecular flexibility index (Phi) is 4.79. The van der Waals surface area contributed by atoms with Crippen molar-refractivity contribution in [1.82, 2.24) is 10.6 Å². The van der Waals surface area contributed by atoms with Crippen molar-refractivity contribution in [3.8, 4) is 0 Å². The third-order valence-corrected chi connectivity index (χ3v) is 1.91. The molecule has 1 rings (SSSR count). The first kappa shape index (κ1) is 13.6. The molecule has 1 aromatic rings. The molecular formula is C11H11FN2O4. The van der Waals surface area contributed by atoms with E-state index in [4.69, 9.17) is 0 Å². The highest BCUT2D eigenvalue weighted by Crippen LogP contribution is 2.07. The average molecular weight is 254 g/mol. The lowest BCUT2D eigenvalue weighted by molar-refractivity contribution is -0.123. The fourth-order valence-electron chi connectivity index (χ4n) is 1.06. The number of esters is 1. The maximum atomic E-state index is 13.2. The van der Waals surface area contributed by atoms with Crippen molar-refractivity contribution < 1.29 is 23.5 Å². The Morgan fingerprint density at radius 3 is 2.56 bits per heavy atom. The molecule has 0 aromatic heterocycles. The number of hydrogen-bond donors (Lipinski definition) is 2. The van der Waals surface area contributed by atoms with Crippen LogP contribution in [-0.2, 0) is 9.53 Å². The number of amides is 3. The number of hydrogen-bond acceptors (Lipinski definition) is 4. The van der Waals surface area contributed by atoms with Crippen LogP contribution < -0.4 is 10.6 Å². The Morgan fingerprint density at radius 2 is 1.94 bits per heavy atom. The molecule has 7 heteroatoms. The summed E-state index contributed by atoms with van der Waals surface area (Å²) in [5.74, 6) is -2.52. The second kappa shape index (κ2) is 6.33. The highest BCUT2D eigenvalue weighted by molar-refractivity contribution is 5.96. The molecule has 2 N–H and O–H groups in total. The summed E-state index contributed by atoms with van der Waals surface area (Å²) >= 11 is 0. The van der Waals surface area contributed by atoms with Crippen LogP contribution in [0.2, 0.25) is 0 Å². The highest BCUT2D eigenvalue weighted by Gasteiger charge is 2.14. The quantitative estimate of drug-likeness (QED) is 0.766. The van der Waals surface area contributed by atoms with Crippen LogP contribution >= 0.6 is 0 Å². The zero-order valence-electron chi connectivity index (χ0n) is 9.53. The van der Waals surface area contributed by atoms with Gasteiger partial charge in [-0.1, -0.05) is 12.1 Å². The molecule has 96 valence electrons. The lowest BCUT2D eigenvalue weighted by Crippen LogP contribution is -2.39. The van der Waals surface area contributed by atoms with Gasteiger partial charge in [-0.05, 0) is 12.1 Å². The van der Waals surface area contributed by atoms with Crippen molar-refractivity contribution in [2.45, 2.75) is 0 Å². The molecule has 0 aliphatic carbocycles. The summed E-state index contributed by atoms with van der Waals surface area (Å²) in [6, 6.07) is 4.49. The van der Waals surface area contributed by atoms with Crippen LogP contribution in [0.4, 0.5) is 9.18 Å². The van der Waals surface area contributed by atoms with Crippen molar-refractivity contribution in [1.29, 1.82) is 0 Å². The lowest BCUT2D eigenvalue weighted by Gasteiger charge is -2.05. The lowest BCUT2D eigenvalue weighted by atomic mass is 10.2. The van der Waals surface area contributed by atoms with E-state index in [1.54, 1.807) is 0 Å². The molecule has 0 saturated heterocycles. The number of carbonyl (C=O) groups excluding carboxylic acids is 3. The number of nitrogens with one attached hydrogen (secondary N) is 2. The summed E-state index contributed by atoms with van der Waals surface area (Å²) in [6.07, 6.45) is 0. The molecule has 3 amide bonds. The van der Waals surface area contributed by atoms with Gasteiger partial charge in [-0.3, -0.25) is 10.1 Å². The molecule has 0 fully saturated rings. The monoisotopic (exact) mass is 254 g/mol. The summed E-state index contributed by atoms with van der Waals surface area (Å²) in [5, 5.41) is 4.04. The fourth-order valence-corrected chi connectivity index (χ4v) is 1.06. The van der Waals surface area contributed by atoms with Gasteiger partial charge >= 0.3 is 12.0 Å². The first-order valence-electron chi connectivity index (χ1n) is 4.98. The Bertz CT molecular complexity index is 476. The van der Waals surface area contributed by atoms with Crippen molar-refractivity contribution in [2.24, 2.45) is 0 Å². The summed E-state index contributed by atoms with van der Waals surface area (Å²) in [7, 11) is 1.33. The van der Waals surface area contributed by atoms with E-state index in [1.807, 2.05) is 5.32 Å². The van der Waals surface area contributed by atoms with E-state index in [1.165, 1.54) is 25.2 Å².